The fourth-order valence-corrected chi connectivity index (χ4v) is 1.00. The van der Waals surface area contributed by atoms with Gasteiger partial charge < -0.3 is 4.52 Å². The Hall–Kier alpha value is -0.790. The Morgan fingerprint density at radius 3 is 2.82 bits per heavy atom. The minimum Gasteiger partial charge on any atom is -0.361 e. The van der Waals surface area contributed by atoms with Gasteiger partial charge in [-0.3, -0.25) is 0 Å². The summed E-state index contributed by atoms with van der Waals surface area (Å²) in [5, 5.41) is 3.83. The number of hydrogen-bond donors (Lipinski definition) is 0. The van der Waals surface area contributed by atoms with E-state index in [1.807, 2.05) is 13.0 Å². The lowest BCUT2D eigenvalue weighted by Gasteiger charge is -2.02. The van der Waals surface area contributed by atoms with E-state index in [-0.39, 0.29) is 0 Å². The van der Waals surface area contributed by atoms with Crippen LogP contribution in [0.15, 0.2) is 10.6 Å². The first kappa shape index (κ1) is 8.31. The van der Waals surface area contributed by atoms with Crippen molar-refractivity contribution in [1.29, 1.82) is 0 Å². The number of nitrogens with zero attached hydrogens (tertiary/aromatic N) is 1. The van der Waals surface area contributed by atoms with Crippen LogP contribution in [0.25, 0.3) is 0 Å². The molecule has 0 spiro atoms. The molecule has 1 atom stereocenters. The van der Waals surface area contributed by atoms with E-state index in [1.165, 1.54) is 6.42 Å². The molecule has 1 unspecified atom stereocenters. The first-order valence-electron chi connectivity index (χ1n) is 4.14. The van der Waals surface area contributed by atoms with Gasteiger partial charge in [-0.25, -0.2) is 0 Å². The molecule has 0 fully saturated rings. The highest BCUT2D eigenvalue weighted by molar-refractivity contribution is 5.03. The average molecular weight is 153 g/mol. The van der Waals surface area contributed by atoms with E-state index in [1.54, 1.807) is 0 Å². The smallest absolute Gasteiger partial charge is 0.137 e. The number of aromatic nitrogens is 1. The van der Waals surface area contributed by atoms with Gasteiger partial charge in [-0.05, 0) is 12.8 Å². The van der Waals surface area contributed by atoms with Crippen LogP contribution >= 0.6 is 0 Å². The second-order valence-electron chi connectivity index (χ2n) is 3.15. The molecule has 0 saturated heterocycles. The molecule has 0 radical (unpaired) electrons. The summed E-state index contributed by atoms with van der Waals surface area (Å²) < 4.78 is 5.09. The molecule has 0 bridgehead atoms. The van der Waals surface area contributed by atoms with Crippen molar-refractivity contribution in [3.8, 4) is 0 Å². The van der Waals surface area contributed by atoms with Gasteiger partial charge >= 0.3 is 0 Å². The van der Waals surface area contributed by atoms with Crippen molar-refractivity contribution in [3.05, 3.63) is 17.5 Å². The summed E-state index contributed by atoms with van der Waals surface area (Å²) in [6.45, 7) is 6.36. The fraction of sp³-hybridized carbons (Fsp3) is 0.667. The second-order valence-corrected chi connectivity index (χ2v) is 3.15. The standard InChI is InChI=1S/C9H15NO/c1-4-7(2)5-9-6-8(3)10-11-9/h6-7H,4-5H2,1-3H3. The number of aryl methyl sites for hydroxylation is 1. The van der Waals surface area contributed by atoms with Crippen molar-refractivity contribution in [1.82, 2.24) is 5.16 Å². The minimum atomic E-state index is 0.697. The summed E-state index contributed by atoms with van der Waals surface area (Å²) in [6, 6.07) is 2.01. The van der Waals surface area contributed by atoms with Crippen molar-refractivity contribution in [3.63, 3.8) is 0 Å². The Bertz CT molecular complexity index is 217. The minimum absolute atomic E-state index is 0.697. The maximum Gasteiger partial charge on any atom is 0.137 e. The highest BCUT2D eigenvalue weighted by Gasteiger charge is 2.04. The topological polar surface area (TPSA) is 26.0 Å². The van der Waals surface area contributed by atoms with Crippen LogP contribution in [0.4, 0.5) is 0 Å². The maximum atomic E-state index is 5.09. The quantitative estimate of drug-likeness (QED) is 0.667. The van der Waals surface area contributed by atoms with Gasteiger partial charge in [0.25, 0.3) is 0 Å². The Labute approximate surface area is 67.6 Å². The molecule has 1 heterocycles. The normalized spacial score (nSPS) is 13.4. The molecule has 1 aromatic rings. The first-order valence-corrected chi connectivity index (χ1v) is 4.14. The Morgan fingerprint density at radius 1 is 1.64 bits per heavy atom. The zero-order chi connectivity index (χ0) is 8.27. The predicted octanol–water partition coefficient (Wildman–Crippen LogP) is 2.57. The molecule has 1 aromatic heterocycles. The van der Waals surface area contributed by atoms with Gasteiger partial charge in [0, 0.05) is 12.5 Å². The van der Waals surface area contributed by atoms with Gasteiger partial charge in [0.05, 0.1) is 5.69 Å². The van der Waals surface area contributed by atoms with E-state index in [9.17, 15) is 0 Å². The molecule has 0 aliphatic rings. The first-order chi connectivity index (χ1) is 5.22. The Morgan fingerprint density at radius 2 is 2.36 bits per heavy atom. The summed E-state index contributed by atoms with van der Waals surface area (Å²) in [5.41, 5.74) is 0.975. The molecule has 0 saturated carbocycles. The highest BCUT2D eigenvalue weighted by Crippen LogP contribution is 2.11. The molecule has 0 amide bonds. The molecular weight excluding hydrogens is 138 g/mol. The zero-order valence-electron chi connectivity index (χ0n) is 7.42. The lowest BCUT2D eigenvalue weighted by Crippen LogP contribution is -1.95. The van der Waals surface area contributed by atoms with Crippen LogP contribution in [0.2, 0.25) is 0 Å². The van der Waals surface area contributed by atoms with E-state index < -0.39 is 0 Å². The lowest BCUT2D eigenvalue weighted by atomic mass is 10.0. The van der Waals surface area contributed by atoms with E-state index in [0.717, 1.165) is 17.9 Å². The summed E-state index contributed by atoms with van der Waals surface area (Å²) >= 11 is 0. The summed E-state index contributed by atoms with van der Waals surface area (Å²) in [6.07, 6.45) is 2.21. The van der Waals surface area contributed by atoms with Crippen molar-refractivity contribution in [2.45, 2.75) is 33.6 Å². The zero-order valence-corrected chi connectivity index (χ0v) is 7.42. The molecule has 2 nitrogen and oxygen atoms in total. The SMILES string of the molecule is CCC(C)Cc1cc(C)no1. The van der Waals surface area contributed by atoms with Crippen LogP contribution in [0.3, 0.4) is 0 Å². The fourth-order valence-electron chi connectivity index (χ4n) is 1.00. The van der Waals surface area contributed by atoms with Gasteiger partial charge in [0.2, 0.25) is 0 Å². The predicted molar refractivity (Wildman–Crippen MR) is 44.4 cm³/mol. The van der Waals surface area contributed by atoms with E-state index in [2.05, 4.69) is 19.0 Å². The molecule has 0 aliphatic heterocycles. The van der Waals surface area contributed by atoms with Gasteiger partial charge in [-0.2, -0.15) is 0 Å². The Balaban J connectivity index is 2.50. The third kappa shape index (κ3) is 2.37. The van der Waals surface area contributed by atoms with E-state index >= 15 is 0 Å². The number of rotatable bonds is 3. The monoisotopic (exact) mass is 153 g/mol. The van der Waals surface area contributed by atoms with Crippen molar-refractivity contribution in [2.75, 3.05) is 0 Å². The van der Waals surface area contributed by atoms with Crippen LogP contribution in [0.5, 0.6) is 0 Å². The third-order valence-corrected chi connectivity index (χ3v) is 1.92. The molecule has 1 rings (SSSR count). The summed E-state index contributed by atoms with van der Waals surface area (Å²) in [7, 11) is 0. The highest BCUT2D eigenvalue weighted by atomic mass is 16.5. The van der Waals surface area contributed by atoms with Crippen LogP contribution < -0.4 is 0 Å². The van der Waals surface area contributed by atoms with Crippen molar-refractivity contribution >= 4 is 0 Å². The maximum absolute atomic E-state index is 5.09. The molecular formula is C9H15NO. The van der Waals surface area contributed by atoms with Gasteiger partial charge in [-0.1, -0.05) is 25.4 Å². The van der Waals surface area contributed by atoms with Crippen LogP contribution in [0, 0.1) is 12.8 Å². The van der Waals surface area contributed by atoms with Crippen LogP contribution in [-0.2, 0) is 6.42 Å². The van der Waals surface area contributed by atoms with E-state index in [4.69, 9.17) is 4.52 Å². The molecule has 0 aliphatic carbocycles. The molecule has 62 valence electrons. The van der Waals surface area contributed by atoms with Crippen LogP contribution in [0.1, 0.15) is 31.7 Å². The van der Waals surface area contributed by atoms with Crippen LogP contribution in [-0.4, -0.2) is 5.16 Å². The van der Waals surface area contributed by atoms with Crippen molar-refractivity contribution < 1.29 is 4.52 Å². The van der Waals surface area contributed by atoms with Crippen molar-refractivity contribution in [2.24, 2.45) is 5.92 Å². The van der Waals surface area contributed by atoms with Gasteiger partial charge in [0.15, 0.2) is 0 Å². The van der Waals surface area contributed by atoms with Gasteiger partial charge in [-0.15, -0.1) is 0 Å². The summed E-state index contributed by atoms with van der Waals surface area (Å²) in [4.78, 5) is 0. The van der Waals surface area contributed by atoms with Gasteiger partial charge in [0.1, 0.15) is 5.76 Å². The number of hydrogen-bond acceptors (Lipinski definition) is 2. The second kappa shape index (κ2) is 3.56. The average Bonchev–Trinajstić information content (AvgIpc) is 2.35. The molecule has 0 N–H and O–H groups in total. The molecule has 2 heteroatoms. The Kier molecular flexibility index (Phi) is 2.69. The third-order valence-electron chi connectivity index (χ3n) is 1.92. The molecule has 11 heavy (non-hydrogen) atoms. The lowest BCUT2D eigenvalue weighted by molar-refractivity contribution is 0.359. The largest absolute Gasteiger partial charge is 0.361 e. The van der Waals surface area contributed by atoms with E-state index in [0.29, 0.717) is 5.92 Å². The summed E-state index contributed by atoms with van der Waals surface area (Å²) in [5.74, 6) is 1.71. The molecule has 0 aromatic carbocycles.